The smallest absolute Gasteiger partial charge is 0.441 e. The summed E-state index contributed by atoms with van der Waals surface area (Å²) in [7, 11) is 0. The number of benzene rings is 1. The van der Waals surface area contributed by atoms with Crippen LogP contribution in [-0.4, -0.2) is 17.7 Å². The van der Waals surface area contributed by atoms with Gasteiger partial charge in [-0.25, -0.2) is 9.59 Å². The molecule has 0 saturated carbocycles. The summed E-state index contributed by atoms with van der Waals surface area (Å²) in [4.78, 5) is 28.3. The maximum atomic E-state index is 12.0. The zero-order valence-electron chi connectivity index (χ0n) is 12.5. The number of hydrogen-bond acceptors (Lipinski definition) is 4. The van der Waals surface area contributed by atoms with Crippen LogP contribution in [0.5, 0.6) is 0 Å². The van der Waals surface area contributed by atoms with Gasteiger partial charge >= 0.3 is 12.1 Å². The summed E-state index contributed by atoms with van der Waals surface area (Å²) in [6, 6.07) is 9.20. The van der Waals surface area contributed by atoms with Crippen molar-refractivity contribution in [2.45, 2.75) is 45.6 Å². The fourth-order valence-electron chi connectivity index (χ4n) is 1.49. The van der Waals surface area contributed by atoms with Gasteiger partial charge in [0, 0.05) is 0 Å². The van der Waals surface area contributed by atoms with Crippen LogP contribution in [0.25, 0.3) is 0 Å². The third kappa shape index (κ3) is 4.57. The van der Waals surface area contributed by atoms with Gasteiger partial charge in [-0.1, -0.05) is 30.3 Å². The normalized spacial score (nSPS) is 11.7. The van der Waals surface area contributed by atoms with Gasteiger partial charge in [0.05, 0.1) is 5.41 Å². The SMILES string of the molecule is CC(C)(C)OC(=O)NOC(=O)C(C)(C)c1ccccc1. The van der Waals surface area contributed by atoms with Crippen LogP contribution in [0.2, 0.25) is 0 Å². The Hall–Kier alpha value is -2.04. The summed E-state index contributed by atoms with van der Waals surface area (Å²) in [5, 5.41) is 0. The number of carbonyl (C=O) groups excluding carboxylic acids is 2. The fraction of sp³-hybridized carbons (Fsp3) is 0.467. The monoisotopic (exact) mass is 279 g/mol. The van der Waals surface area contributed by atoms with Crippen molar-refractivity contribution in [2.75, 3.05) is 0 Å². The highest BCUT2D eigenvalue weighted by atomic mass is 16.7. The first-order chi connectivity index (χ1) is 9.13. The van der Waals surface area contributed by atoms with E-state index in [-0.39, 0.29) is 0 Å². The molecule has 0 aliphatic rings. The van der Waals surface area contributed by atoms with Crippen molar-refractivity contribution >= 4 is 12.1 Å². The maximum absolute atomic E-state index is 12.0. The summed E-state index contributed by atoms with van der Waals surface area (Å²) >= 11 is 0. The van der Waals surface area contributed by atoms with Crippen molar-refractivity contribution < 1.29 is 19.2 Å². The second-order valence-corrected chi connectivity index (χ2v) is 5.98. The fourth-order valence-corrected chi connectivity index (χ4v) is 1.49. The van der Waals surface area contributed by atoms with E-state index >= 15 is 0 Å². The van der Waals surface area contributed by atoms with Crippen LogP contribution >= 0.6 is 0 Å². The van der Waals surface area contributed by atoms with E-state index in [0.717, 1.165) is 5.56 Å². The zero-order valence-corrected chi connectivity index (χ0v) is 12.5. The number of hydrogen-bond donors (Lipinski definition) is 1. The van der Waals surface area contributed by atoms with Gasteiger partial charge in [-0.05, 0) is 40.2 Å². The molecule has 1 N–H and O–H groups in total. The van der Waals surface area contributed by atoms with Gasteiger partial charge in [-0.15, -0.1) is 5.48 Å². The van der Waals surface area contributed by atoms with Crippen LogP contribution in [0, 0.1) is 0 Å². The summed E-state index contributed by atoms with van der Waals surface area (Å²) < 4.78 is 4.98. The van der Waals surface area contributed by atoms with Crippen LogP contribution in [0.1, 0.15) is 40.2 Å². The molecule has 0 aliphatic heterocycles. The summed E-state index contributed by atoms with van der Waals surface area (Å²) in [6.07, 6.45) is -0.797. The Morgan fingerprint density at radius 3 is 2.05 bits per heavy atom. The predicted molar refractivity (Wildman–Crippen MR) is 74.9 cm³/mol. The van der Waals surface area contributed by atoms with Gasteiger partial charge in [0.15, 0.2) is 0 Å². The van der Waals surface area contributed by atoms with Gasteiger partial charge in [-0.3, -0.25) is 0 Å². The highest BCUT2D eigenvalue weighted by Crippen LogP contribution is 2.24. The van der Waals surface area contributed by atoms with Crippen LogP contribution < -0.4 is 5.48 Å². The van der Waals surface area contributed by atoms with E-state index < -0.39 is 23.1 Å². The highest BCUT2D eigenvalue weighted by Gasteiger charge is 2.32. The van der Waals surface area contributed by atoms with Crippen molar-refractivity contribution in [1.29, 1.82) is 0 Å². The number of rotatable bonds is 2. The molecule has 0 aromatic heterocycles. The molecule has 20 heavy (non-hydrogen) atoms. The predicted octanol–water partition coefficient (Wildman–Crippen LogP) is 2.95. The van der Waals surface area contributed by atoms with Crippen molar-refractivity contribution in [3.05, 3.63) is 35.9 Å². The molecule has 0 spiro atoms. The van der Waals surface area contributed by atoms with Crippen molar-refractivity contribution in [2.24, 2.45) is 0 Å². The van der Waals surface area contributed by atoms with E-state index in [2.05, 4.69) is 0 Å². The van der Waals surface area contributed by atoms with Crippen LogP contribution in [0.4, 0.5) is 4.79 Å². The molecule has 0 unspecified atom stereocenters. The summed E-state index contributed by atoms with van der Waals surface area (Å²) in [5.41, 5.74) is 1.29. The molecule has 1 rings (SSSR count). The third-order valence-electron chi connectivity index (χ3n) is 2.63. The molecular formula is C15H21NO4. The molecule has 5 heteroatoms. The lowest BCUT2D eigenvalue weighted by atomic mass is 9.85. The molecule has 0 aliphatic carbocycles. The van der Waals surface area contributed by atoms with E-state index in [0.29, 0.717) is 0 Å². The Bertz CT molecular complexity index is 474. The Labute approximate surface area is 119 Å². The minimum atomic E-state index is -0.865. The second kappa shape index (κ2) is 5.94. The van der Waals surface area contributed by atoms with E-state index in [1.807, 2.05) is 35.8 Å². The van der Waals surface area contributed by atoms with E-state index in [9.17, 15) is 9.59 Å². The van der Waals surface area contributed by atoms with Crippen LogP contribution in [0.15, 0.2) is 30.3 Å². The van der Waals surface area contributed by atoms with Crippen molar-refractivity contribution in [1.82, 2.24) is 5.48 Å². The molecule has 5 nitrogen and oxygen atoms in total. The van der Waals surface area contributed by atoms with Gasteiger partial charge in [-0.2, -0.15) is 0 Å². The Morgan fingerprint density at radius 2 is 1.55 bits per heavy atom. The molecule has 1 amide bonds. The van der Waals surface area contributed by atoms with Gasteiger partial charge in [0.25, 0.3) is 0 Å². The summed E-state index contributed by atoms with van der Waals surface area (Å²) in [5.74, 6) is -0.561. The number of hydroxylamine groups is 1. The molecule has 0 fully saturated rings. The number of nitrogens with one attached hydrogen (secondary N) is 1. The second-order valence-electron chi connectivity index (χ2n) is 5.98. The lowest BCUT2D eigenvalue weighted by Gasteiger charge is -2.23. The molecule has 1 aromatic carbocycles. The van der Waals surface area contributed by atoms with E-state index in [1.54, 1.807) is 34.6 Å². The van der Waals surface area contributed by atoms with Gasteiger partial charge in [0.1, 0.15) is 5.60 Å². The topological polar surface area (TPSA) is 64.6 Å². The third-order valence-corrected chi connectivity index (χ3v) is 2.63. The molecule has 110 valence electrons. The molecule has 0 heterocycles. The number of amides is 1. The number of carbonyl (C=O) groups is 2. The zero-order chi connectivity index (χ0) is 15.4. The summed E-state index contributed by atoms with van der Waals surface area (Å²) in [6.45, 7) is 8.62. The van der Waals surface area contributed by atoms with Crippen LogP contribution in [0.3, 0.4) is 0 Å². The molecule has 0 radical (unpaired) electrons. The van der Waals surface area contributed by atoms with Crippen LogP contribution in [-0.2, 0) is 19.8 Å². The standard InChI is InChI=1S/C15H21NO4/c1-14(2,3)19-13(18)16-20-12(17)15(4,5)11-9-7-6-8-10-11/h6-10H,1-5H3,(H,16,18). The quantitative estimate of drug-likeness (QED) is 0.845. The number of ether oxygens (including phenoxy) is 1. The largest absolute Gasteiger partial charge is 0.442 e. The minimum absolute atomic E-state index is 0.561. The van der Waals surface area contributed by atoms with Gasteiger partial charge in [0.2, 0.25) is 0 Å². The Balaban J connectivity index is 2.61. The highest BCUT2D eigenvalue weighted by molar-refractivity contribution is 5.83. The van der Waals surface area contributed by atoms with Gasteiger partial charge < -0.3 is 9.57 Å². The minimum Gasteiger partial charge on any atom is -0.442 e. The van der Waals surface area contributed by atoms with E-state index in [1.165, 1.54) is 0 Å². The molecule has 0 bridgehead atoms. The lowest BCUT2D eigenvalue weighted by Crippen LogP contribution is -2.39. The van der Waals surface area contributed by atoms with Crippen molar-refractivity contribution in [3.8, 4) is 0 Å². The molecule has 1 aromatic rings. The maximum Gasteiger partial charge on any atom is 0.441 e. The van der Waals surface area contributed by atoms with E-state index in [4.69, 9.17) is 9.57 Å². The average Bonchev–Trinajstić information content (AvgIpc) is 2.35. The Kier molecular flexibility index (Phi) is 4.76. The first kappa shape index (κ1) is 16.0. The molecule has 0 saturated heterocycles. The first-order valence-electron chi connectivity index (χ1n) is 6.39. The average molecular weight is 279 g/mol. The lowest BCUT2D eigenvalue weighted by molar-refractivity contribution is -0.156. The van der Waals surface area contributed by atoms with Crippen molar-refractivity contribution in [3.63, 3.8) is 0 Å². The Morgan fingerprint density at radius 1 is 1.00 bits per heavy atom. The first-order valence-corrected chi connectivity index (χ1v) is 6.39. The molecule has 0 atom stereocenters. The molecular weight excluding hydrogens is 258 g/mol.